The summed E-state index contributed by atoms with van der Waals surface area (Å²) >= 11 is 0. The molecule has 0 amide bonds. The number of hydrogen-bond acceptors (Lipinski definition) is 5. The SMILES string of the molecule is COc1ccc(OCc2ccc(CNc3ncccn3)cc2)cc1. The molecule has 0 bridgehead atoms. The van der Waals surface area contributed by atoms with Crippen molar-refractivity contribution >= 4 is 5.95 Å². The molecule has 2 aromatic carbocycles. The maximum atomic E-state index is 5.77. The summed E-state index contributed by atoms with van der Waals surface area (Å²) in [6, 6.07) is 17.6. The topological polar surface area (TPSA) is 56.3 Å². The number of nitrogens with one attached hydrogen (secondary N) is 1. The molecule has 0 saturated heterocycles. The van der Waals surface area contributed by atoms with E-state index in [1.165, 1.54) is 0 Å². The van der Waals surface area contributed by atoms with Gasteiger partial charge in [0.1, 0.15) is 18.1 Å². The number of anilines is 1. The fraction of sp³-hybridized carbons (Fsp3) is 0.158. The van der Waals surface area contributed by atoms with E-state index < -0.39 is 0 Å². The second-order valence-electron chi connectivity index (χ2n) is 5.21. The highest BCUT2D eigenvalue weighted by molar-refractivity contribution is 5.32. The van der Waals surface area contributed by atoms with E-state index in [-0.39, 0.29) is 0 Å². The summed E-state index contributed by atoms with van der Waals surface area (Å²) in [6.07, 6.45) is 3.43. The third-order valence-corrected chi connectivity index (χ3v) is 3.50. The van der Waals surface area contributed by atoms with Gasteiger partial charge in [0.15, 0.2) is 0 Å². The van der Waals surface area contributed by atoms with Crippen molar-refractivity contribution in [2.24, 2.45) is 0 Å². The fourth-order valence-corrected chi connectivity index (χ4v) is 2.16. The smallest absolute Gasteiger partial charge is 0.222 e. The van der Waals surface area contributed by atoms with Crippen LogP contribution >= 0.6 is 0 Å². The highest BCUT2D eigenvalue weighted by Gasteiger charge is 1.99. The largest absolute Gasteiger partial charge is 0.497 e. The van der Waals surface area contributed by atoms with Crippen LogP contribution in [0.4, 0.5) is 5.95 Å². The van der Waals surface area contributed by atoms with E-state index in [1.807, 2.05) is 24.3 Å². The zero-order valence-electron chi connectivity index (χ0n) is 13.5. The third-order valence-electron chi connectivity index (χ3n) is 3.50. The Bertz CT molecular complexity index is 744. The first-order valence-corrected chi connectivity index (χ1v) is 7.69. The standard InChI is InChI=1S/C19H19N3O2/c1-23-17-7-9-18(10-8-17)24-14-16-5-3-15(4-6-16)13-22-19-20-11-2-12-21-19/h2-12H,13-14H2,1H3,(H,20,21,22). The molecular formula is C19H19N3O2. The summed E-state index contributed by atoms with van der Waals surface area (Å²) in [5.41, 5.74) is 2.28. The summed E-state index contributed by atoms with van der Waals surface area (Å²) in [6.45, 7) is 1.21. The number of ether oxygens (including phenoxy) is 2. The van der Waals surface area contributed by atoms with Gasteiger partial charge >= 0.3 is 0 Å². The summed E-state index contributed by atoms with van der Waals surface area (Å²) in [5, 5.41) is 3.18. The number of aromatic nitrogens is 2. The van der Waals surface area contributed by atoms with Gasteiger partial charge in [0.05, 0.1) is 7.11 Å². The Kier molecular flexibility index (Phi) is 5.24. The van der Waals surface area contributed by atoms with Gasteiger partial charge in [-0.05, 0) is 41.5 Å². The Labute approximate surface area is 141 Å². The van der Waals surface area contributed by atoms with Gasteiger partial charge in [0.2, 0.25) is 5.95 Å². The van der Waals surface area contributed by atoms with Crippen molar-refractivity contribution in [1.82, 2.24) is 9.97 Å². The quantitative estimate of drug-likeness (QED) is 0.719. The zero-order chi connectivity index (χ0) is 16.6. The first kappa shape index (κ1) is 15.8. The molecule has 0 spiro atoms. The molecule has 122 valence electrons. The van der Waals surface area contributed by atoms with E-state index in [0.717, 1.165) is 22.6 Å². The van der Waals surface area contributed by atoms with Crippen LogP contribution in [-0.2, 0) is 13.2 Å². The number of methoxy groups -OCH3 is 1. The van der Waals surface area contributed by atoms with Crippen LogP contribution in [0.25, 0.3) is 0 Å². The van der Waals surface area contributed by atoms with Gasteiger partial charge in [0, 0.05) is 18.9 Å². The normalized spacial score (nSPS) is 10.2. The minimum atomic E-state index is 0.530. The Morgan fingerprint density at radius 2 is 1.46 bits per heavy atom. The van der Waals surface area contributed by atoms with Crippen LogP contribution in [-0.4, -0.2) is 17.1 Å². The van der Waals surface area contributed by atoms with E-state index in [2.05, 4.69) is 39.6 Å². The average Bonchev–Trinajstić information content (AvgIpc) is 2.67. The predicted molar refractivity (Wildman–Crippen MR) is 93.1 cm³/mol. The van der Waals surface area contributed by atoms with Crippen molar-refractivity contribution in [2.75, 3.05) is 12.4 Å². The number of hydrogen-bond donors (Lipinski definition) is 1. The summed E-state index contributed by atoms with van der Waals surface area (Å²) in [7, 11) is 1.65. The van der Waals surface area contributed by atoms with Gasteiger partial charge in [0.25, 0.3) is 0 Å². The van der Waals surface area contributed by atoms with Gasteiger partial charge in [-0.1, -0.05) is 24.3 Å². The van der Waals surface area contributed by atoms with E-state index >= 15 is 0 Å². The molecule has 1 N–H and O–H groups in total. The molecule has 0 aliphatic rings. The Balaban J connectivity index is 1.50. The molecule has 0 atom stereocenters. The number of benzene rings is 2. The molecule has 0 unspecified atom stereocenters. The molecule has 0 saturated carbocycles. The summed E-state index contributed by atoms with van der Waals surface area (Å²) in [4.78, 5) is 8.27. The molecule has 1 aromatic heterocycles. The van der Waals surface area contributed by atoms with Gasteiger partial charge in [-0.3, -0.25) is 0 Å². The van der Waals surface area contributed by atoms with Crippen LogP contribution in [0.2, 0.25) is 0 Å². The summed E-state index contributed by atoms with van der Waals surface area (Å²) in [5.74, 6) is 2.27. The first-order chi connectivity index (χ1) is 11.8. The Morgan fingerprint density at radius 1 is 0.833 bits per heavy atom. The lowest BCUT2D eigenvalue weighted by molar-refractivity contribution is 0.305. The van der Waals surface area contributed by atoms with Crippen LogP contribution in [0.1, 0.15) is 11.1 Å². The molecule has 3 rings (SSSR count). The van der Waals surface area contributed by atoms with Gasteiger partial charge < -0.3 is 14.8 Å². The van der Waals surface area contributed by atoms with E-state index in [9.17, 15) is 0 Å². The highest BCUT2D eigenvalue weighted by atomic mass is 16.5. The average molecular weight is 321 g/mol. The lowest BCUT2D eigenvalue weighted by Crippen LogP contribution is -2.03. The molecule has 0 aliphatic carbocycles. The second-order valence-corrected chi connectivity index (χ2v) is 5.21. The van der Waals surface area contributed by atoms with Crippen molar-refractivity contribution < 1.29 is 9.47 Å². The van der Waals surface area contributed by atoms with E-state index in [0.29, 0.717) is 19.1 Å². The molecular weight excluding hydrogens is 302 g/mol. The van der Waals surface area contributed by atoms with Crippen LogP contribution in [0, 0.1) is 0 Å². The maximum absolute atomic E-state index is 5.77. The molecule has 24 heavy (non-hydrogen) atoms. The fourth-order valence-electron chi connectivity index (χ4n) is 2.16. The predicted octanol–water partition coefficient (Wildman–Crippen LogP) is 3.68. The molecule has 0 aliphatic heterocycles. The van der Waals surface area contributed by atoms with Crippen LogP contribution in [0.15, 0.2) is 67.0 Å². The molecule has 0 radical (unpaired) electrons. The van der Waals surface area contributed by atoms with Crippen molar-refractivity contribution in [3.05, 3.63) is 78.1 Å². The van der Waals surface area contributed by atoms with Crippen LogP contribution < -0.4 is 14.8 Å². The lowest BCUT2D eigenvalue weighted by Gasteiger charge is -2.08. The van der Waals surface area contributed by atoms with Crippen LogP contribution in [0.5, 0.6) is 11.5 Å². The van der Waals surface area contributed by atoms with Crippen molar-refractivity contribution in [2.45, 2.75) is 13.2 Å². The number of nitrogens with zero attached hydrogens (tertiary/aromatic N) is 2. The lowest BCUT2D eigenvalue weighted by atomic mass is 10.1. The summed E-state index contributed by atoms with van der Waals surface area (Å²) < 4.78 is 10.9. The molecule has 0 fully saturated rings. The molecule has 5 nitrogen and oxygen atoms in total. The molecule has 3 aromatic rings. The Hall–Kier alpha value is -3.08. The van der Waals surface area contributed by atoms with Crippen molar-refractivity contribution in [1.29, 1.82) is 0 Å². The maximum Gasteiger partial charge on any atom is 0.222 e. The minimum absolute atomic E-state index is 0.530. The molecule has 5 heteroatoms. The van der Waals surface area contributed by atoms with Gasteiger partial charge in [-0.25, -0.2) is 9.97 Å². The van der Waals surface area contributed by atoms with Crippen LogP contribution in [0.3, 0.4) is 0 Å². The van der Waals surface area contributed by atoms with Gasteiger partial charge in [-0.2, -0.15) is 0 Å². The van der Waals surface area contributed by atoms with E-state index in [1.54, 1.807) is 25.6 Å². The van der Waals surface area contributed by atoms with E-state index in [4.69, 9.17) is 9.47 Å². The zero-order valence-corrected chi connectivity index (χ0v) is 13.5. The van der Waals surface area contributed by atoms with Crippen molar-refractivity contribution in [3.8, 4) is 11.5 Å². The first-order valence-electron chi connectivity index (χ1n) is 7.69. The monoisotopic (exact) mass is 321 g/mol. The van der Waals surface area contributed by atoms with Crippen molar-refractivity contribution in [3.63, 3.8) is 0 Å². The van der Waals surface area contributed by atoms with Gasteiger partial charge in [-0.15, -0.1) is 0 Å². The third kappa shape index (κ3) is 4.46. The molecule has 1 heterocycles. The highest BCUT2D eigenvalue weighted by Crippen LogP contribution is 2.18. The second kappa shape index (κ2) is 7.97. The Morgan fingerprint density at radius 3 is 2.12 bits per heavy atom. The number of rotatable bonds is 7. The minimum Gasteiger partial charge on any atom is -0.497 e.